The van der Waals surface area contributed by atoms with Crippen LogP contribution >= 0.6 is 11.6 Å². The Morgan fingerprint density at radius 2 is 1.88 bits per heavy atom. The van der Waals surface area contributed by atoms with E-state index in [0.717, 1.165) is 17.2 Å². The second-order valence-electron chi connectivity index (χ2n) is 4.04. The van der Waals surface area contributed by atoms with Crippen LogP contribution in [0.1, 0.15) is 16.8 Å². The molecule has 0 amide bonds. The summed E-state index contributed by atoms with van der Waals surface area (Å²) in [7, 11) is 0. The van der Waals surface area contributed by atoms with Crippen molar-refractivity contribution in [2.24, 2.45) is 0 Å². The smallest absolute Gasteiger partial charge is 0.224 e. The molecule has 0 radical (unpaired) electrons. The second kappa shape index (κ2) is 4.72. The van der Waals surface area contributed by atoms with Crippen molar-refractivity contribution < 1.29 is 0 Å². The average Bonchev–Trinajstić information content (AvgIpc) is 2.23. The highest BCUT2D eigenvalue weighted by molar-refractivity contribution is 6.28. The fraction of sp³-hybridized carbons (Fsp3) is 0.231. The van der Waals surface area contributed by atoms with Crippen LogP contribution in [0, 0.1) is 20.8 Å². The molecule has 0 unspecified atom stereocenters. The molecule has 1 aromatic heterocycles. The molecule has 0 atom stereocenters. The third-order valence-corrected chi connectivity index (χ3v) is 2.86. The van der Waals surface area contributed by atoms with Crippen molar-refractivity contribution in [3.05, 3.63) is 46.4 Å². The molecule has 4 heteroatoms. The monoisotopic (exact) mass is 247 g/mol. The zero-order valence-electron chi connectivity index (χ0n) is 10.1. The van der Waals surface area contributed by atoms with Gasteiger partial charge in [0.2, 0.25) is 5.28 Å². The summed E-state index contributed by atoms with van der Waals surface area (Å²) in [5, 5.41) is 3.52. The zero-order chi connectivity index (χ0) is 12.4. The highest BCUT2D eigenvalue weighted by Crippen LogP contribution is 2.22. The fourth-order valence-corrected chi connectivity index (χ4v) is 1.85. The van der Waals surface area contributed by atoms with Crippen LogP contribution in [0.25, 0.3) is 0 Å². The van der Waals surface area contributed by atoms with Gasteiger partial charge in [0.05, 0.1) is 0 Å². The van der Waals surface area contributed by atoms with E-state index in [4.69, 9.17) is 11.6 Å². The van der Waals surface area contributed by atoms with Crippen LogP contribution in [0.2, 0.25) is 5.28 Å². The van der Waals surface area contributed by atoms with E-state index in [9.17, 15) is 0 Å². The van der Waals surface area contributed by atoms with E-state index in [2.05, 4.69) is 35.2 Å². The minimum absolute atomic E-state index is 0.262. The minimum atomic E-state index is 0.262. The summed E-state index contributed by atoms with van der Waals surface area (Å²) in [5.74, 6) is 0.719. The van der Waals surface area contributed by atoms with Gasteiger partial charge in [-0.2, -0.15) is 0 Å². The molecule has 0 spiro atoms. The Morgan fingerprint density at radius 3 is 2.59 bits per heavy atom. The molecule has 1 N–H and O–H groups in total. The first-order valence-corrected chi connectivity index (χ1v) is 5.78. The van der Waals surface area contributed by atoms with E-state index in [1.165, 1.54) is 11.1 Å². The molecule has 0 aliphatic rings. The summed E-state index contributed by atoms with van der Waals surface area (Å²) in [5.41, 5.74) is 4.34. The van der Waals surface area contributed by atoms with Crippen LogP contribution in [-0.2, 0) is 0 Å². The van der Waals surface area contributed by atoms with E-state index in [1.807, 2.05) is 25.1 Å². The summed E-state index contributed by atoms with van der Waals surface area (Å²) in [6.07, 6.45) is 0. The van der Waals surface area contributed by atoms with Gasteiger partial charge in [0.25, 0.3) is 0 Å². The largest absolute Gasteiger partial charge is 0.340 e. The van der Waals surface area contributed by atoms with Crippen LogP contribution in [-0.4, -0.2) is 9.97 Å². The summed E-state index contributed by atoms with van der Waals surface area (Å²) in [6.45, 7) is 6.05. The van der Waals surface area contributed by atoms with Crippen LogP contribution in [0.4, 0.5) is 11.5 Å². The number of nitrogens with zero attached hydrogens (tertiary/aromatic N) is 2. The van der Waals surface area contributed by atoms with Crippen molar-refractivity contribution in [1.82, 2.24) is 9.97 Å². The molecule has 2 aromatic rings. The van der Waals surface area contributed by atoms with Crippen molar-refractivity contribution in [2.75, 3.05) is 5.32 Å². The number of rotatable bonds is 2. The Hall–Kier alpha value is -1.61. The van der Waals surface area contributed by atoms with Gasteiger partial charge in [0.1, 0.15) is 5.82 Å². The molecular weight excluding hydrogens is 234 g/mol. The molecule has 0 aliphatic carbocycles. The second-order valence-corrected chi connectivity index (χ2v) is 4.37. The van der Waals surface area contributed by atoms with E-state index in [1.54, 1.807) is 0 Å². The van der Waals surface area contributed by atoms with Gasteiger partial charge in [-0.3, -0.25) is 0 Å². The van der Waals surface area contributed by atoms with E-state index in [0.29, 0.717) is 0 Å². The van der Waals surface area contributed by atoms with Gasteiger partial charge in [-0.1, -0.05) is 12.1 Å². The summed E-state index contributed by atoms with van der Waals surface area (Å²) < 4.78 is 0. The molecule has 2 rings (SSSR count). The van der Waals surface area contributed by atoms with Crippen molar-refractivity contribution >= 4 is 23.1 Å². The van der Waals surface area contributed by atoms with Crippen molar-refractivity contribution in [3.8, 4) is 0 Å². The molecule has 88 valence electrons. The van der Waals surface area contributed by atoms with Crippen LogP contribution in [0.15, 0.2) is 24.3 Å². The maximum Gasteiger partial charge on any atom is 0.224 e. The van der Waals surface area contributed by atoms with Crippen LogP contribution in [0.3, 0.4) is 0 Å². The molecule has 3 nitrogen and oxygen atoms in total. The topological polar surface area (TPSA) is 37.8 Å². The number of hydrogen-bond acceptors (Lipinski definition) is 3. The Kier molecular flexibility index (Phi) is 3.29. The third kappa shape index (κ3) is 2.74. The molecule has 1 aromatic carbocycles. The van der Waals surface area contributed by atoms with E-state index >= 15 is 0 Å². The number of nitrogens with one attached hydrogen (secondary N) is 1. The standard InChI is InChI=1S/C13H14ClN3/c1-8-5-4-6-11(10(8)3)16-12-7-9(2)15-13(14)17-12/h4-7H,1-3H3,(H,15,16,17). The molecule has 0 saturated carbocycles. The molecule has 0 saturated heterocycles. The van der Waals surface area contributed by atoms with Gasteiger partial charge in [-0.05, 0) is 49.6 Å². The number of hydrogen-bond donors (Lipinski definition) is 1. The number of halogens is 1. The normalized spacial score (nSPS) is 10.4. The molecule has 17 heavy (non-hydrogen) atoms. The van der Waals surface area contributed by atoms with Gasteiger partial charge in [-0.25, -0.2) is 9.97 Å². The lowest BCUT2D eigenvalue weighted by molar-refractivity contribution is 1.10. The van der Waals surface area contributed by atoms with Crippen molar-refractivity contribution in [2.45, 2.75) is 20.8 Å². The highest BCUT2D eigenvalue weighted by Gasteiger charge is 2.04. The summed E-state index contributed by atoms with van der Waals surface area (Å²) in [4.78, 5) is 8.17. The Bertz CT molecular complexity index is 532. The zero-order valence-corrected chi connectivity index (χ0v) is 10.8. The average molecular weight is 248 g/mol. The molecule has 0 bridgehead atoms. The first kappa shape index (κ1) is 11.9. The first-order chi connectivity index (χ1) is 8.06. The first-order valence-electron chi connectivity index (χ1n) is 5.40. The van der Waals surface area contributed by atoms with E-state index < -0.39 is 0 Å². The van der Waals surface area contributed by atoms with Gasteiger partial charge in [0, 0.05) is 17.4 Å². The number of aromatic nitrogens is 2. The van der Waals surface area contributed by atoms with Gasteiger partial charge in [0.15, 0.2) is 0 Å². The Balaban J connectivity index is 2.34. The van der Waals surface area contributed by atoms with Gasteiger partial charge >= 0.3 is 0 Å². The quantitative estimate of drug-likeness (QED) is 0.821. The summed E-state index contributed by atoms with van der Waals surface area (Å²) >= 11 is 5.83. The Morgan fingerprint density at radius 1 is 1.12 bits per heavy atom. The summed E-state index contributed by atoms with van der Waals surface area (Å²) in [6, 6.07) is 7.99. The SMILES string of the molecule is Cc1cc(Nc2cccc(C)c2C)nc(Cl)n1. The highest BCUT2D eigenvalue weighted by atomic mass is 35.5. The molecule has 1 heterocycles. The number of aryl methyl sites for hydroxylation is 2. The van der Waals surface area contributed by atoms with Crippen molar-refractivity contribution in [3.63, 3.8) is 0 Å². The van der Waals surface area contributed by atoms with E-state index in [-0.39, 0.29) is 5.28 Å². The predicted molar refractivity (Wildman–Crippen MR) is 71.0 cm³/mol. The van der Waals surface area contributed by atoms with Crippen molar-refractivity contribution in [1.29, 1.82) is 0 Å². The Labute approximate surface area is 106 Å². The lowest BCUT2D eigenvalue weighted by Gasteiger charge is -2.11. The third-order valence-electron chi connectivity index (χ3n) is 2.69. The van der Waals surface area contributed by atoms with Gasteiger partial charge < -0.3 is 5.32 Å². The lowest BCUT2D eigenvalue weighted by Crippen LogP contribution is -1.99. The molecular formula is C13H14ClN3. The minimum Gasteiger partial charge on any atom is -0.340 e. The lowest BCUT2D eigenvalue weighted by atomic mass is 10.1. The molecule has 0 fully saturated rings. The molecule has 0 aliphatic heterocycles. The number of anilines is 2. The predicted octanol–water partition coefficient (Wildman–Crippen LogP) is 3.80. The van der Waals surface area contributed by atoms with Crippen LogP contribution < -0.4 is 5.32 Å². The maximum absolute atomic E-state index is 5.83. The maximum atomic E-state index is 5.83. The number of benzene rings is 1. The fourth-order valence-electron chi connectivity index (χ4n) is 1.62. The van der Waals surface area contributed by atoms with Gasteiger partial charge in [-0.15, -0.1) is 0 Å². The van der Waals surface area contributed by atoms with Crippen LogP contribution in [0.5, 0.6) is 0 Å².